The van der Waals surface area contributed by atoms with Crippen LogP contribution in [0.1, 0.15) is 30.4 Å². The molecule has 0 bridgehead atoms. The zero-order chi connectivity index (χ0) is 18.6. The highest BCUT2D eigenvalue weighted by Gasteiger charge is 2.49. The quantitative estimate of drug-likeness (QED) is 0.457. The lowest BCUT2D eigenvalue weighted by Gasteiger charge is -2.46. The summed E-state index contributed by atoms with van der Waals surface area (Å²) in [6, 6.07) is 14.2. The van der Waals surface area contributed by atoms with Gasteiger partial charge in [0.25, 0.3) is 0 Å². The van der Waals surface area contributed by atoms with Crippen LogP contribution in [0.2, 0.25) is 15.1 Å². The van der Waals surface area contributed by atoms with Crippen molar-refractivity contribution in [2.24, 2.45) is 0 Å². The van der Waals surface area contributed by atoms with E-state index in [0.717, 1.165) is 35.1 Å². The zero-order valence-corrected chi connectivity index (χ0v) is 19.6. The number of halogens is 4. The van der Waals surface area contributed by atoms with E-state index in [-0.39, 0.29) is 22.4 Å². The molecule has 146 valence electrons. The fourth-order valence-corrected chi connectivity index (χ4v) is 5.50. The Balaban J connectivity index is 0.00000192. The van der Waals surface area contributed by atoms with Gasteiger partial charge in [-0.3, -0.25) is 0 Å². The molecule has 1 saturated carbocycles. The molecule has 2 nitrogen and oxygen atoms in total. The van der Waals surface area contributed by atoms with E-state index in [1.165, 1.54) is 23.4 Å². The van der Waals surface area contributed by atoms with Gasteiger partial charge in [-0.2, -0.15) is 0 Å². The molecule has 1 fully saturated rings. The third-order valence-corrected chi connectivity index (χ3v) is 7.50. The maximum Gasteiger partial charge on any atom is 0.117 e. The molecule has 2 aromatic rings. The molecule has 2 heterocycles. The Morgan fingerprint density at radius 2 is 1.71 bits per heavy atom. The highest BCUT2D eigenvalue weighted by atomic mass is 79.9. The molecule has 0 atom stereocenters. The van der Waals surface area contributed by atoms with E-state index in [0.29, 0.717) is 10.0 Å². The van der Waals surface area contributed by atoms with Crippen molar-refractivity contribution in [3.8, 4) is 0 Å². The SMILES string of the molecule is Br.Clc1ccc(C2=C(C3(c4ccc(Cl)c(Cl)c4)CCC3)N3CSC=C3N2)cc1. The van der Waals surface area contributed by atoms with Gasteiger partial charge in [-0.25, -0.2) is 0 Å². The van der Waals surface area contributed by atoms with Gasteiger partial charge in [0.1, 0.15) is 5.82 Å². The molecule has 0 aromatic heterocycles. The van der Waals surface area contributed by atoms with Gasteiger partial charge in [-0.15, -0.1) is 28.7 Å². The summed E-state index contributed by atoms with van der Waals surface area (Å²) < 4.78 is 0. The first kappa shape index (κ1) is 20.5. The molecule has 0 unspecified atom stereocenters. The van der Waals surface area contributed by atoms with Gasteiger partial charge in [0.05, 0.1) is 27.3 Å². The number of fused-ring (bicyclic) bond motifs is 1. The minimum atomic E-state index is -0.0450. The summed E-state index contributed by atoms with van der Waals surface area (Å²) in [6.07, 6.45) is 3.42. The van der Waals surface area contributed by atoms with Crippen molar-refractivity contribution in [3.63, 3.8) is 0 Å². The summed E-state index contributed by atoms with van der Waals surface area (Å²) in [5.74, 6) is 2.09. The summed E-state index contributed by atoms with van der Waals surface area (Å²) >= 11 is 20.5. The van der Waals surface area contributed by atoms with Gasteiger partial charge in [0.15, 0.2) is 0 Å². The average molecular weight is 517 g/mol. The van der Waals surface area contributed by atoms with E-state index < -0.39 is 0 Å². The topological polar surface area (TPSA) is 15.3 Å². The molecule has 28 heavy (non-hydrogen) atoms. The van der Waals surface area contributed by atoms with E-state index >= 15 is 0 Å². The second kappa shape index (κ2) is 7.81. The number of rotatable bonds is 3. The van der Waals surface area contributed by atoms with E-state index in [9.17, 15) is 0 Å². The van der Waals surface area contributed by atoms with Crippen molar-refractivity contribution in [3.05, 3.63) is 85.6 Å². The number of thioether (sulfide) groups is 1. The summed E-state index contributed by atoms with van der Waals surface area (Å²) in [5, 5.41) is 7.82. The number of hydrogen-bond donors (Lipinski definition) is 1. The molecule has 0 saturated heterocycles. The van der Waals surface area contributed by atoms with Crippen LogP contribution in [0.4, 0.5) is 0 Å². The average Bonchev–Trinajstić information content (AvgIpc) is 3.20. The van der Waals surface area contributed by atoms with Gasteiger partial charge >= 0.3 is 0 Å². The third kappa shape index (κ3) is 3.18. The smallest absolute Gasteiger partial charge is 0.117 e. The Morgan fingerprint density at radius 3 is 2.36 bits per heavy atom. The minimum Gasteiger partial charge on any atom is -0.339 e. The monoisotopic (exact) mass is 514 g/mol. The highest BCUT2D eigenvalue weighted by molar-refractivity contribution is 8.93. The number of benzene rings is 2. The molecule has 2 aliphatic heterocycles. The molecule has 7 heteroatoms. The lowest BCUT2D eigenvalue weighted by molar-refractivity contribution is 0.247. The number of hydrogen-bond acceptors (Lipinski definition) is 3. The predicted octanol–water partition coefficient (Wildman–Crippen LogP) is 7.42. The standard InChI is InChI=1S/C21H17Cl3N2S.BrH/c22-15-5-2-13(3-6-15)19-20(26-12-27-11-18(26)25-19)21(8-1-9-21)14-4-7-16(23)17(24)10-14;/h2-7,10-11,25H,1,8-9,12H2;1H. The van der Waals surface area contributed by atoms with Gasteiger partial charge in [-0.1, -0.05) is 59.4 Å². The second-order valence-corrected chi connectivity index (χ2v) is 9.23. The zero-order valence-electron chi connectivity index (χ0n) is 14.8. The highest BCUT2D eigenvalue weighted by Crippen LogP contribution is 2.56. The van der Waals surface area contributed by atoms with Crippen molar-refractivity contribution in [2.45, 2.75) is 24.7 Å². The maximum atomic E-state index is 6.38. The largest absolute Gasteiger partial charge is 0.339 e. The molecule has 1 N–H and O–H groups in total. The molecule has 2 aromatic carbocycles. The molecular formula is C21H18BrCl3N2S. The third-order valence-electron chi connectivity index (χ3n) is 5.71. The van der Waals surface area contributed by atoms with E-state index in [1.54, 1.807) is 0 Å². The lowest BCUT2D eigenvalue weighted by Crippen LogP contribution is -2.41. The van der Waals surface area contributed by atoms with Gasteiger partial charge < -0.3 is 10.2 Å². The molecule has 0 radical (unpaired) electrons. The Kier molecular flexibility index (Phi) is 5.71. The molecular weight excluding hydrogens is 499 g/mol. The van der Waals surface area contributed by atoms with E-state index in [2.05, 4.69) is 33.8 Å². The first-order chi connectivity index (χ1) is 13.1. The van der Waals surface area contributed by atoms with Crippen LogP contribution in [0, 0.1) is 0 Å². The Morgan fingerprint density at radius 1 is 0.964 bits per heavy atom. The molecule has 5 rings (SSSR count). The summed E-state index contributed by atoms with van der Waals surface area (Å²) in [4.78, 5) is 2.41. The number of nitrogens with zero attached hydrogens (tertiary/aromatic N) is 1. The number of allylic oxidation sites excluding steroid dienone is 1. The Labute approximate surface area is 194 Å². The molecule has 3 aliphatic rings. The van der Waals surface area contributed by atoms with Gasteiger partial charge in [0, 0.05) is 15.8 Å². The van der Waals surface area contributed by atoms with Crippen LogP contribution >= 0.6 is 63.5 Å². The van der Waals surface area contributed by atoms with Gasteiger partial charge in [-0.05, 0) is 48.2 Å². The predicted molar refractivity (Wildman–Crippen MR) is 126 cm³/mol. The van der Waals surface area contributed by atoms with E-state index in [1.807, 2.05) is 36.0 Å². The minimum absolute atomic E-state index is 0. The van der Waals surface area contributed by atoms with Crippen LogP contribution < -0.4 is 5.32 Å². The normalized spacial score (nSPS) is 19.5. The Bertz CT molecular complexity index is 984. The molecule has 1 aliphatic carbocycles. The number of nitrogens with one attached hydrogen (secondary N) is 1. The summed E-state index contributed by atoms with van der Waals surface area (Å²) in [7, 11) is 0. The van der Waals surface area contributed by atoms with Crippen molar-refractivity contribution in [1.29, 1.82) is 0 Å². The maximum absolute atomic E-state index is 6.38. The van der Waals surface area contributed by atoms with Gasteiger partial charge in [0.2, 0.25) is 0 Å². The van der Waals surface area contributed by atoms with Crippen LogP contribution in [0.25, 0.3) is 5.70 Å². The first-order valence-corrected chi connectivity index (χ1v) is 11.1. The second-order valence-electron chi connectivity index (χ2n) is 7.15. The van der Waals surface area contributed by atoms with Crippen LogP contribution in [0.5, 0.6) is 0 Å². The van der Waals surface area contributed by atoms with Crippen LogP contribution in [0.3, 0.4) is 0 Å². The molecule has 0 amide bonds. The summed E-state index contributed by atoms with van der Waals surface area (Å²) in [5.41, 5.74) is 4.86. The fourth-order valence-electron chi connectivity index (χ4n) is 4.24. The van der Waals surface area contributed by atoms with Crippen molar-refractivity contribution in [2.75, 3.05) is 5.88 Å². The van der Waals surface area contributed by atoms with Crippen molar-refractivity contribution < 1.29 is 0 Å². The lowest BCUT2D eigenvalue weighted by atomic mass is 9.61. The molecule has 0 spiro atoms. The van der Waals surface area contributed by atoms with Crippen LogP contribution in [-0.2, 0) is 5.41 Å². The van der Waals surface area contributed by atoms with Crippen LogP contribution in [0.15, 0.2) is 59.4 Å². The first-order valence-electron chi connectivity index (χ1n) is 8.91. The van der Waals surface area contributed by atoms with Crippen molar-refractivity contribution >= 4 is 69.2 Å². The Hall–Kier alpha value is -0.780. The van der Waals surface area contributed by atoms with Crippen molar-refractivity contribution in [1.82, 2.24) is 10.2 Å². The summed E-state index contributed by atoms with van der Waals surface area (Å²) in [6.45, 7) is 0. The van der Waals surface area contributed by atoms with Crippen LogP contribution in [-0.4, -0.2) is 10.8 Å². The fraction of sp³-hybridized carbons (Fsp3) is 0.238. The van der Waals surface area contributed by atoms with E-state index in [4.69, 9.17) is 34.8 Å².